The molecule has 0 saturated heterocycles. The zero-order valence-electron chi connectivity index (χ0n) is 17.9. The number of hydrogen-bond acceptors (Lipinski definition) is 5. The maximum Gasteiger partial charge on any atom is 0.265 e. The maximum absolute atomic E-state index is 12.5. The summed E-state index contributed by atoms with van der Waals surface area (Å²) < 4.78 is 11.4. The average Bonchev–Trinajstić information content (AvgIpc) is 2.82. The quantitative estimate of drug-likeness (QED) is 0.540. The fourth-order valence-corrected chi connectivity index (χ4v) is 3.50. The lowest BCUT2D eigenvalue weighted by Crippen LogP contribution is -2.39. The number of hydrogen-bond donors (Lipinski definition) is 1. The molecule has 0 unspecified atom stereocenters. The van der Waals surface area contributed by atoms with Crippen LogP contribution in [0.15, 0.2) is 67.0 Å². The van der Waals surface area contributed by atoms with Crippen LogP contribution in [-0.2, 0) is 4.79 Å². The number of carbonyl (C=O) groups excluding carboxylic acids is 2. The number of anilines is 2. The van der Waals surface area contributed by atoms with Gasteiger partial charge in [-0.05, 0) is 61.7 Å². The Morgan fingerprint density at radius 3 is 2.84 bits per heavy atom. The monoisotopic (exact) mass is 431 g/mol. The van der Waals surface area contributed by atoms with E-state index in [1.807, 2.05) is 31.2 Å². The third kappa shape index (κ3) is 5.06. The lowest BCUT2D eigenvalue weighted by molar-refractivity contribution is -0.121. The highest BCUT2D eigenvalue weighted by Gasteiger charge is 2.25. The van der Waals surface area contributed by atoms with E-state index in [1.54, 1.807) is 41.4 Å². The van der Waals surface area contributed by atoms with E-state index in [9.17, 15) is 9.59 Å². The summed E-state index contributed by atoms with van der Waals surface area (Å²) in [5, 5.41) is 2.85. The summed E-state index contributed by atoms with van der Waals surface area (Å²) in [7, 11) is 0. The summed E-state index contributed by atoms with van der Waals surface area (Å²) in [5.41, 5.74) is 2.81. The lowest BCUT2D eigenvalue weighted by Gasteiger charge is -2.30. The Kier molecular flexibility index (Phi) is 6.65. The number of pyridine rings is 1. The molecule has 0 spiro atoms. The second kappa shape index (κ2) is 9.96. The summed E-state index contributed by atoms with van der Waals surface area (Å²) in [5.74, 6) is 1.14. The van der Waals surface area contributed by atoms with Gasteiger partial charge in [-0.15, -0.1) is 0 Å². The van der Waals surface area contributed by atoms with Gasteiger partial charge < -0.3 is 19.7 Å². The van der Waals surface area contributed by atoms with Crippen LogP contribution in [0.2, 0.25) is 0 Å². The Balaban J connectivity index is 1.37. The number of carbonyl (C=O) groups is 2. The molecule has 7 nitrogen and oxygen atoms in total. The molecule has 164 valence electrons. The van der Waals surface area contributed by atoms with E-state index < -0.39 is 0 Å². The summed E-state index contributed by atoms with van der Waals surface area (Å²) in [6.07, 6.45) is 4.71. The summed E-state index contributed by atoms with van der Waals surface area (Å²) in [6.45, 7) is 3.15. The minimum atomic E-state index is -0.263. The molecule has 0 atom stereocenters. The molecule has 1 aliphatic rings. The van der Waals surface area contributed by atoms with Gasteiger partial charge >= 0.3 is 0 Å². The minimum absolute atomic E-state index is 0.00804. The van der Waals surface area contributed by atoms with Crippen LogP contribution >= 0.6 is 0 Å². The number of benzene rings is 2. The second-order valence-electron chi connectivity index (χ2n) is 7.53. The van der Waals surface area contributed by atoms with E-state index in [0.29, 0.717) is 35.8 Å². The van der Waals surface area contributed by atoms with Gasteiger partial charge in [0.15, 0.2) is 6.61 Å². The number of amides is 2. The average molecular weight is 431 g/mol. The first-order chi connectivity index (χ1) is 15.6. The molecule has 0 radical (unpaired) electrons. The van der Waals surface area contributed by atoms with Crippen molar-refractivity contribution in [2.24, 2.45) is 0 Å². The summed E-state index contributed by atoms with van der Waals surface area (Å²) in [6, 6.07) is 16.6. The van der Waals surface area contributed by atoms with Crippen molar-refractivity contribution in [1.82, 2.24) is 4.98 Å². The SMILES string of the molecule is Cc1ccccc1OCCCCN1C(=O)COc2ccc(NC(=O)c3cccnc3)cc21. The van der Waals surface area contributed by atoms with E-state index in [4.69, 9.17) is 9.47 Å². The van der Waals surface area contributed by atoms with Crippen molar-refractivity contribution in [3.8, 4) is 11.5 Å². The van der Waals surface area contributed by atoms with E-state index in [-0.39, 0.29) is 18.4 Å². The van der Waals surface area contributed by atoms with Crippen molar-refractivity contribution in [1.29, 1.82) is 0 Å². The normalized spacial score (nSPS) is 12.7. The van der Waals surface area contributed by atoms with Crippen LogP contribution in [0.3, 0.4) is 0 Å². The van der Waals surface area contributed by atoms with Crippen molar-refractivity contribution < 1.29 is 19.1 Å². The van der Waals surface area contributed by atoms with E-state index in [0.717, 1.165) is 24.2 Å². The molecular formula is C25H25N3O4. The van der Waals surface area contributed by atoms with Crippen LogP contribution in [0.25, 0.3) is 0 Å². The molecular weight excluding hydrogens is 406 g/mol. The van der Waals surface area contributed by atoms with Gasteiger partial charge in [0.1, 0.15) is 11.5 Å². The van der Waals surface area contributed by atoms with E-state index >= 15 is 0 Å². The molecule has 2 aromatic carbocycles. The molecule has 0 bridgehead atoms. The number of para-hydroxylation sites is 1. The lowest BCUT2D eigenvalue weighted by atomic mass is 10.1. The number of unbranched alkanes of at least 4 members (excludes halogenated alkanes) is 1. The third-order valence-electron chi connectivity index (χ3n) is 5.21. The van der Waals surface area contributed by atoms with E-state index in [1.165, 1.54) is 6.20 Å². The van der Waals surface area contributed by atoms with Crippen LogP contribution in [0, 0.1) is 6.92 Å². The fourth-order valence-electron chi connectivity index (χ4n) is 3.50. The first-order valence-electron chi connectivity index (χ1n) is 10.6. The first-order valence-corrected chi connectivity index (χ1v) is 10.6. The van der Waals surface area contributed by atoms with Gasteiger partial charge in [-0.3, -0.25) is 14.6 Å². The summed E-state index contributed by atoms with van der Waals surface area (Å²) in [4.78, 5) is 30.6. The fraction of sp³-hybridized carbons (Fsp3) is 0.240. The summed E-state index contributed by atoms with van der Waals surface area (Å²) >= 11 is 0. The van der Waals surface area contributed by atoms with Crippen LogP contribution in [0.1, 0.15) is 28.8 Å². The molecule has 3 aromatic rings. The molecule has 32 heavy (non-hydrogen) atoms. The van der Waals surface area contributed by atoms with Gasteiger partial charge in [0.05, 0.1) is 17.9 Å². The highest BCUT2D eigenvalue weighted by atomic mass is 16.5. The molecule has 0 fully saturated rings. The van der Waals surface area contributed by atoms with Crippen LogP contribution < -0.4 is 19.7 Å². The number of aromatic nitrogens is 1. The van der Waals surface area contributed by atoms with Crippen molar-refractivity contribution >= 4 is 23.2 Å². The van der Waals surface area contributed by atoms with Crippen molar-refractivity contribution in [3.63, 3.8) is 0 Å². The highest BCUT2D eigenvalue weighted by molar-refractivity contribution is 6.05. The van der Waals surface area contributed by atoms with Crippen molar-refractivity contribution in [2.45, 2.75) is 19.8 Å². The topological polar surface area (TPSA) is 80.8 Å². The number of rotatable bonds is 8. The highest BCUT2D eigenvalue weighted by Crippen LogP contribution is 2.35. The number of nitrogens with zero attached hydrogens (tertiary/aromatic N) is 2. The molecule has 1 aromatic heterocycles. The molecule has 1 N–H and O–H groups in total. The van der Waals surface area contributed by atoms with Crippen LogP contribution in [0.4, 0.5) is 11.4 Å². The molecule has 0 saturated carbocycles. The number of nitrogens with one attached hydrogen (secondary N) is 1. The minimum Gasteiger partial charge on any atom is -0.493 e. The largest absolute Gasteiger partial charge is 0.493 e. The molecule has 1 aliphatic heterocycles. The third-order valence-corrected chi connectivity index (χ3v) is 5.21. The first kappa shape index (κ1) is 21.4. The van der Waals surface area contributed by atoms with Crippen molar-refractivity contribution in [2.75, 3.05) is 30.0 Å². The zero-order valence-corrected chi connectivity index (χ0v) is 17.9. The standard InChI is InChI=1S/C25H25N3O4/c1-18-7-2-3-9-22(18)31-14-5-4-13-28-21-15-20(10-11-23(21)32-17-24(28)29)27-25(30)19-8-6-12-26-16-19/h2-3,6-12,15-16H,4-5,13-14,17H2,1H3,(H,27,30). The molecule has 2 heterocycles. The molecule has 7 heteroatoms. The smallest absolute Gasteiger partial charge is 0.265 e. The molecule has 0 aliphatic carbocycles. The van der Waals surface area contributed by atoms with Gasteiger partial charge in [-0.2, -0.15) is 0 Å². The predicted molar refractivity (Wildman–Crippen MR) is 122 cm³/mol. The van der Waals surface area contributed by atoms with E-state index in [2.05, 4.69) is 10.3 Å². The van der Waals surface area contributed by atoms with Crippen LogP contribution in [-0.4, -0.2) is 36.6 Å². The Morgan fingerprint density at radius 2 is 2.03 bits per heavy atom. The van der Waals surface area contributed by atoms with Crippen LogP contribution in [0.5, 0.6) is 11.5 Å². The Hall–Kier alpha value is -3.87. The Morgan fingerprint density at radius 1 is 1.16 bits per heavy atom. The zero-order chi connectivity index (χ0) is 22.3. The maximum atomic E-state index is 12.5. The Labute approximate surface area is 187 Å². The molecule has 2 amide bonds. The number of fused-ring (bicyclic) bond motifs is 1. The van der Waals surface area contributed by atoms with Crippen molar-refractivity contribution in [3.05, 3.63) is 78.1 Å². The molecule has 4 rings (SSSR count). The van der Waals surface area contributed by atoms with Gasteiger partial charge in [0, 0.05) is 24.6 Å². The van der Waals surface area contributed by atoms with Gasteiger partial charge in [-0.1, -0.05) is 18.2 Å². The number of ether oxygens (including phenoxy) is 2. The van der Waals surface area contributed by atoms with Gasteiger partial charge in [-0.25, -0.2) is 0 Å². The number of aryl methyl sites for hydroxylation is 1. The second-order valence-corrected chi connectivity index (χ2v) is 7.53. The van der Waals surface area contributed by atoms with Gasteiger partial charge in [0.2, 0.25) is 0 Å². The predicted octanol–water partition coefficient (Wildman–Crippen LogP) is 4.23. The Bertz CT molecular complexity index is 1100. The van der Waals surface area contributed by atoms with Gasteiger partial charge in [0.25, 0.3) is 11.8 Å².